The van der Waals surface area contributed by atoms with Crippen molar-refractivity contribution in [3.8, 4) is 0 Å². The summed E-state index contributed by atoms with van der Waals surface area (Å²) in [4.78, 5) is 23.5. The van der Waals surface area contributed by atoms with Crippen molar-refractivity contribution in [1.82, 2.24) is 0 Å². The van der Waals surface area contributed by atoms with Crippen LogP contribution in [0.5, 0.6) is 0 Å². The van der Waals surface area contributed by atoms with Gasteiger partial charge in [-0.05, 0) is 47.7 Å². The number of benzene rings is 2. The molecule has 0 aliphatic heterocycles. The number of amides is 1. The van der Waals surface area contributed by atoms with E-state index < -0.39 is 5.97 Å². The Balaban J connectivity index is 1.92. The summed E-state index contributed by atoms with van der Waals surface area (Å²) in [5.74, 6) is 0.138. The zero-order valence-electron chi connectivity index (χ0n) is 14.3. The summed E-state index contributed by atoms with van der Waals surface area (Å²) >= 11 is 0. The number of rotatable bonds is 6. The highest BCUT2D eigenvalue weighted by molar-refractivity contribution is 5.93. The molecule has 4 heteroatoms. The minimum Gasteiger partial charge on any atom is -0.465 e. The summed E-state index contributed by atoms with van der Waals surface area (Å²) in [5.41, 5.74) is 3.37. The lowest BCUT2D eigenvalue weighted by Crippen LogP contribution is -2.14. The zero-order valence-corrected chi connectivity index (χ0v) is 14.3. The van der Waals surface area contributed by atoms with Crippen molar-refractivity contribution >= 4 is 17.6 Å². The highest BCUT2D eigenvalue weighted by Gasteiger charge is 2.07. The molecule has 1 amide bonds. The van der Waals surface area contributed by atoms with E-state index in [0.717, 1.165) is 12.0 Å². The van der Waals surface area contributed by atoms with Crippen molar-refractivity contribution in [2.75, 3.05) is 12.4 Å². The van der Waals surface area contributed by atoms with Crippen molar-refractivity contribution in [3.05, 3.63) is 65.2 Å². The molecule has 0 bridgehead atoms. The lowest BCUT2D eigenvalue weighted by atomic mass is 10.0. The molecule has 0 heterocycles. The van der Waals surface area contributed by atoms with Crippen LogP contribution in [0.1, 0.15) is 35.3 Å². The van der Waals surface area contributed by atoms with E-state index in [-0.39, 0.29) is 5.91 Å². The standard InChI is InChI=1S/C20H23NO3/c1-14(2)12-15-4-6-16(7-5-15)13-19(22)21-18-10-8-17(9-11-18)20(23)24-3/h4-11,14H,12-13H2,1-3H3,(H,21,22). The second-order valence-electron chi connectivity index (χ2n) is 6.21. The lowest BCUT2D eigenvalue weighted by molar-refractivity contribution is -0.115. The van der Waals surface area contributed by atoms with E-state index in [2.05, 4.69) is 36.0 Å². The van der Waals surface area contributed by atoms with Crippen LogP contribution in [0, 0.1) is 5.92 Å². The number of esters is 1. The molecule has 2 rings (SSSR count). The number of hydrogen-bond acceptors (Lipinski definition) is 3. The zero-order chi connectivity index (χ0) is 17.5. The van der Waals surface area contributed by atoms with Crippen LogP contribution >= 0.6 is 0 Å². The molecule has 0 aliphatic rings. The molecule has 0 aromatic heterocycles. The Labute approximate surface area is 142 Å². The van der Waals surface area contributed by atoms with Gasteiger partial charge in [0.2, 0.25) is 5.91 Å². The molecule has 0 fully saturated rings. The van der Waals surface area contributed by atoms with Gasteiger partial charge in [0.25, 0.3) is 0 Å². The first-order valence-electron chi connectivity index (χ1n) is 8.04. The molecule has 24 heavy (non-hydrogen) atoms. The number of nitrogens with one attached hydrogen (secondary N) is 1. The van der Waals surface area contributed by atoms with E-state index in [9.17, 15) is 9.59 Å². The van der Waals surface area contributed by atoms with E-state index >= 15 is 0 Å². The minimum atomic E-state index is -0.394. The summed E-state index contributed by atoms with van der Waals surface area (Å²) in [7, 11) is 1.34. The third-order valence-corrected chi connectivity index (χ3v) is 3.62. The van der Waals surface area contributed by atoms with Crippen LogP contribution in [-0.2, 0) is 22.4 Å². The topological polar surface area (TPSA) is 55.4 Å². The van der Waals surface area contributed by atoms with Crippen molar-refractivity contribution in [2.45, 2.75) is 26.7 Å². The second kappa shape index (κ2) is 8.29. The van der Waals surface area contributed by atoms with Crippen LogP contribution in [-0.4, -0.2) is 19.0 Å². The summed E-state index contributed by atoms with van der Waals surface area (Å²) in [6.07, 6.45) is 1.36. The van der Waals surface area contributed by atoms with Gasteiger partial charge in [-0.2, -0.15) is 0 Å². The molecule has 0 saturated carbocycles. The van der Waals surface area contributed by atoms with E-state index in [4.69, 9.17) is 0 Å². The molecular weight excluding hydrogens is 302 g/mol. The number of anilines is 1. The summed E-state index contributed by atoms with van der Waals surface area (Å²) in [6.45, 7) is 4.37. The third kappa shape index (κ3) is 5.23. The SMILES string of the molecule is COC(=O)c1ccc(NC(=O)Cc2ccc(CC(C)C)cc2)cc1. The quantitative estimate of drug-likeness (QED) is 0.821. The first-order chi connectivity index (χ1) is 11.5. The molecule has 0 spiro atoms. The molecule has 2 aromatic rings. The van der Waals surface area contributed by atoms with Crippen molar-refractivity contribution < 1.29 is 14.3 Å². The van der Waals surface area contributed by atoms with Crippen LogP contribution in [0.25, 0.3) is 0 Å². The number of hydrogen-bond donors (Lipinski definition) is 1. The molecule has 0 aliphatic carbocycles. The van der Waals surface area contributed by atoms with Crippen LogP contribution < -0.4 is 5.32 Å². The molecule has 0 radical (unpaired) electrons. The van der Waals surface area contributed by atoms with Crippen molar-refractivity contribution in [2.24, 2.45) is 5.92 Å². The Morgan fingerprint density at radius 1 is 0.958 bits per heavy atom. The first kappa shape index (κ1) is 17.7. The van der Waals surface area contributed by atoms with Crippen molar-refractivity contribution in [1.29, 1.82) is 0 Å². The predicted molar refractivity (Wildman–Crippen MR) is 95.1 cm³/mol. The Morgan fingerprint density at radius 2 is 1.54 bits per heavy atom. The maximum Gasteiger partial charge on any atom is 0.337 e. The second-order valence-corrected chi connectivity index (χ2v) is 6.21. The Morgan fingerprint density at radius 3 is 2.08 bits per heavy atom. The third-order valence-electron chi connectivity index (χ3n) is 3.62. The van der Waals surface area contributed by atoms with Gasteiger partial charge in [0.05, 0.1) is 19.1 Å². The molecule has 4 nitrogen and oxygen atoms in total. The fourth-order valence-electron chi connectivity index (χ4n) is 2.46. The Hall–Kier alpha value is -2.62. The first-order valence-corrected chi connectivity index (χ1v) is 8.04. The average molecular weight is 325 g/mol. The predicted octanol–water partition coefficient (Wildman–Crippen LogP) is 3.85. The smallest absolute Gasteiger partial charge is 0.337 e. The van der Waals surface area contributed by atoms with Crippen LogP contribution in [0.2, 0.25) is 0 Å². The van der Waals surface area contributed by atoms with Gasteiger partial charge in [-0.15, -0.1) is 0 Å². The van der Waals surface area contributed by atoms with Gasteiger partial charge in [-0.3, -0.25) is 4.79 Å². The van der Waals surface area contributed by atoms with Crippen molar-refractivity contribution in [3.63, 3.8) is 0 Å². The Kier molecular flexibility index (Phi) is 6.13. The van der Waals surface area contributed by atoms with Crippen LogP contribution in [0.15, 0.2) is 48.5 Å². The van der Waals surface area contributed by atoms with Gasteiger partial charge in [0.1, 0.15) is 0 Å². The van der Waals surface area contributed by atoms with Gasteiger partial charge in [0, 0.05) is 5.69 Å². The molecule has 1 N–H and O–H groups in total. The number of ether oxygens (including phenoxy) is 1. The average Bonchev–Trinajstić information content (AvgIpc) is 2.56. The maximum absolute atomic E-state index is 12.1. The lowest BCUT2D eigenvalue weighted by Gasteiger charge is -2.08. The van der Waals surface area contributed by atoms with Crippen LogP contribution in [0.3, 0.4) is 0 Å². The number of carbonyl (C=O) groups is 2. The molecule has 2 aromatic carbocycles. The van der Waals surface area contributed by atoms with Gasteiger partial charge in [-0.25, -0.2) is 4.79 Å². The number of carbonyl (C=O) groups excluding carboxylic acids is 2. The fourth-order valence-corrected chi connectivity index (χ4v) is 2.46. The van der Waals surface area contributed by atoms with E-state index in [0.29, 0.717) is 23.6 Å². The van der Waals surface area contributed by atoms with Gasteiger partial charge in [-0.1, -0.05) is 38.1 Å². The summed E-state index contributed by atoms with van der Waals surface area (Å²) in [5, 5.41) is 2.83. The van der Waals surface area contributed by atoms with Gasteiger partial charge < -0.3 is 10.1 Å². The van der Waals surface area contributed by atoms with E-state index in [1.807, 2.05) is 12.1 Å². The highest BCUT2D eigenvalue weighted by atomic mass is 16.5. The largest absolute Gasteiger partial charge is 0.465 e. The molecule has 0 atom stereocenters. The number of methoxy groups -OCH3 is 1. The van der Waals surface area contributed by atoms with E-state index in [1.165, 1.54) is 12.7 Å². The normalized spacial score (nSPS) is 10.5. The molecule has 126 valence electrons. The monoisotopic (exact) mass is 325 g/mol. The minimum absolute atomic E-state index is 0.0857. The maximum atomic E-state index is 12.1. The van der Waals surface area contributed by atoms with E-state index in [1.54, 1.807) is 24.3 Å². The summed E-state index contributed by atoms with van der Waals surface area (Å²) < 4.78 is 4.64. The molecular formula is C20H23NO3. The summed E-state index contributed by atoms with van der Waals surface area (Å²) in [6, 6.07) is 14.8. The van der Waals surface area contributed by atoms with Crippen LogP contribution in [0.4, 0.5) is 5.69 Å². The highest BCUT2D eigenvalue weighted by Crippen LogP contribution is 2.13. The molecule has 0 saturated heterocycles. The molecule has 0 unspecified atom stereocenters. The Bertz CT molecular complexity index is 688. The van der Waals surface area contributed by atoms with Gasteiger partial charge in [0.15, 0.2) is 0 Å². The van der Waals surface area contributed by atoms with Gasteiger partial charge >= 0.3 is 5.97 Å². The fraction of sp³-hybridized carbons (Fsp3) is 0.300.